The molecule has 0 N–H and O–H groups in total. The average molecular weight is 955 g/mol. The zero-order valence-electron chi connectivity index (χ0n) is 39.8. The summed E-state index contributed by atoms with van der Waals surface area (Å²) in [7, 11) is 0. The number of rotatable bonds is 8. The van der Waals surface area contributed by atoms with Gasteiger partial charge in [-0.25, -0.2) is 0 Å². The molecule has 0 amide bonds. The summed E-state index contributed by atoms with van der Waals surface area (Å²) in [5.41, 5.74) is 14.0. The molecule has 14 aromatic rings. The highest BCUT2D eigenvalue weighted by molar-refractivity contribution is 7.26. The predicted molar refractivity (Wildman–Crippen MR) is 314 cm³/mol. The summed E-state index contributed by atoms with van der Waals surface area (Å²) in [5.74, 6) is 0. The first kappa shape index (κ1) is 42.3. The van der Waals surface area contributed by atoms with Gasteiger partial charge in [0, 0.05) is 84.6 Å². The minimum atomic E-state index is 1.10. The quantitative estimate of drug-likeness (QED) is 0.111. The maximum Gasteiger partial charge on any atom is 0.0620 e. The lowest BCUT2D eigenvalue weighted by atomic mass is 9.92. The first-order chi connectivity index (χ1) is 35.5. The van der Waals surface area contributed by atoms with Gasteiger partial charge >= 0.3 is 0 Å². The van der Waals surface area contributed by atoms with Gasteiger partial charge in [-0.15, -0.1) is 22.7 Å². The Labute approximate surface area is 426 Å². The van der Waals surface area contributed by atoms with Crippen LogP contribution >= 0.6 is 22.7 Å². The Balaban J connectivity index is 1.05. The molecule has 14 rings (SSSR count). The van der Waals surface area contributed by atoms with Crippen LogP contribution in [0.3, 0.4) is 0 Å². The number of fused-ring (bicyclic) bond motifs is 9. The Morgan fingerprint density at radius 3 is 1.08 bits per heavy atom. The second-order valence-corrected chi connectivity index (χ2v) is 21.1. The highest BCUT2D eigenvalue weighted by Crippen LogP contribution is 2.53. The van der Waals surface area contributed by atoms with E-state index in [9.17, 15) is 0 Å². The molecule has 0 radical (unpaired) electrons. The van der Waals surface area contributed by atoms with E-state index >= 15 is 0 Å². The Hall–Kier alpha value is -8.54. The lowest BCUT2D eigenvalue weighted by Crippen LogP contribution is -2.15. The van der Waals surface area contributed by atoms with Crippen LogP contribution in [0.2, 0.25) is 0 Å². The Kier molecular flexibility index (Phi) is 10.1. The summed E-state index contributed by atoms with van der Waals surface area (Å²) in [4.78, 5) is 5.04. The normalized spacial score (nSPS) is 11.8. The molecule has 12 aromatic carbocycles. The monoisotopic (exact) mass is 954 g/mol. The van der Waals surface area contributed by atoms with Crippen LogP contribution in [0.5, 0.6) is 0 Å². The lowest BCUT2D eigenvalue weighted by molar-refractivity contribution is 1.28. The van der Waals surface area contributed by atoms with E-state index in [0.29, 0.717) is 0 Å². The third-order valence-electron chi connectivity index (χ3n) is 14.4. The molecule has 0 saturated carbocycles. The van der Waals surface area contributed by atoms with E-state index in [4.69, 9.17) is 0 Å². The number of hydrogen-bond donors (Lipinski definition) is 0. The van der Waals surface area contributed by atoms with Crippen molar-refractivity contribution < 1.29 is 0 Å². The highest BCUT2D eigenvalue weighted by Gasteiger charge is 2.27. The fourth-order valence-corrected chi connectivity index (χ4v) is 13.7. The molecular formula is C68H46N2S2. The standard InChI is InChI=1S/C68H46N2S2/c1-43-17-11-23-49(37-43)69(51-25-13-21-47(39-51)53-31-15-33-59-55-27-7-9-35-63(55)71-67(53)59)65-57-29-5-6-30-58(57)66(62-42-46-20-4-3-19-45(46)41-61(62)65)70(50-24-12-18-44(2)38-50)52-26-14-22-48(40-52)54-32-16-34-60-56-28-8-10-36-64(56)72-68(54)60/h3-42H,1-2H3. The molecule has 0 spiro atoms. The maximum absolute atomic E-state index is 2.52. The van der Waals surface area contributed by atoms with Crippen molar-refractivity contribution in [2.24, 2.45) is 0 Å². The number of nitrogens with zero attached hydrogens (tertiary/aromatic N) is 2. The van der Waals surface area contributed by atoms with E-state index in [1.165, 1.54) is 95.3 Å². The first-order valence-corrected chi connectivity index (χ1v) is 26.3. The van der Waals surface area contributed by atoms with E-state index in [0.717, 1.165) is 44.9 Å². The third-order valence-corrected chi connectivity index (χ3v) is 16.9. The number of aryl methyl sites for hydroxylation is 2. The highest BCUT2D eigenvalue weighted by atomic mass is 32.1. The van der Waals surface area contributed by atoms with E-state index in [1.54, 1.807) is 0 Å². The zero-order chi connectivity index (χ0) is 47.9. The van der Waals surface area contributed by atoms with Gasteiger partial charge in [-0.05, 0) is 131 Å². The molecule has 0 aliphatic carbocycles. The molecule has 2 nitrogen and oxygen atoms in total. The van der Waals surface area contributed by atoms with Gasteiger partial charge in [-0.3, -0.25) is 0 Å². The summed E-state index contributed by atoms with van der Waals surface area (Å²) in [6, 6.07) is 90.3. The smallest absolute Gasteiger partial charge is 0.0620 e. The van der Waals surface area contributed by atoms with E-state index in [1.807, 2.05) is 22.7 Å². The van der Waals surface area contributed by atoms with Crippen LogP contribution in [0.1, 0.15) is 11.1 Å². The fourth-order valence-electron chi connectivity index (χ4n) is 11.2. The second kappa shape index (κ2) is 17.1. The molecule has 4 heteroatoms. The summed E-state index contributed by atoms with van der Waals surface area (Å²) in [6.07, 6.45) is 0. The fraction of sp³-hybridized carbons (Fsp3) is 0.0294. The van der Waals surface area contributed by atoms with Crippen molar-refractivity contribution in [2.45, 2.75) is 13.8 Å². The van der Waals surface area contributed by atoms with Crippen LogP contribution in [0.25, 0.3) is 94.9 Å². The van der Waals surface area contributed by atoms with Crippen molar-refractivity contribution in [2.75, 3.05) is 9.80 Å². The minimum absolute atomic E-state index is 1.10. The van der Waals surface area contributed by atoms with Gasteiger partial charge in [-0.1, -0.05) is 170 Å². The number of anilines is 6. The molecule has 0 saturated heterocycles. The van der Waals surface area contributed by atoms with Gasteiger partial charge in [-0.2, -0.15) is 0 Å². The van der Waals surface area contributed by atoms with Gasteiger partial charge in [0.05, 0.1) is 11.4 Å². The van der Waals surface area contributed by atoms with Crippen LogP contribution in [0, 0.1) is 13.8 Å². The number of hydrogen-bond acceptors (Lipinski definition) is 4. The summed E-state index contributed by atoms with van der Waals surface area (Å²) < 4.78 is 5.24. The average Bonchev–Trinajstić information content (AvgIpc) is 4.01. The molecule has 72 heavy (non-hydrogen) atoms. The van der Waals surface area contributed by atoms with Crippen LogP contribution in [-0.4, -0.2) is 0 Å². The SMILES string of the molecule is Cc1cccc(N(c2cccc(-c3cccc4c3sc3ccccc34)c2)c2c3ccccc3c(N(c3cccc(C)c3)c3cccc(-c4cccc5c4sc4ccccc45)c3)c3cc4ccccc4cc23)c1. The van der Waals surface area contributed by atoms with Crippen molar-refractivity contribution in [1.29, 1.82) is 0 Å². The van der Waals surface area contributed by atoms with Gasteiger partial charge in [0.1, 0.15) is 0 Å². The minimum Gasteiger partial charge on any atom is -0.309 e. The molecule has 0 unspecified atom stereocenters. The first-order valence-electron chi connectivity index (χ1n) is 24.6. The van der Waals surface area contributed by atoms with Crippen molar-refractivity contribution in [1.82, 2.24) is 0 Å². The van der Waals surface area contributed by atoms with Crippen LogP contribution < -0.4 is 9.80 Å². The van der Waals surface area contributed by atoms with Crippen molar-refractivity contribution in [3.63, 3.8) is 0 Å². The Morgan fingerprint density at radius 1 is 0.278 bits per heavy atom. The lowest BCUT2D eigenvalue weighted by Gasteiger charge is -2.33. The molecule has 0 aliphatic heterocycles. The molecule has 0 bridgehead atoms. The van der Waals surface area contributed by atoms with Crippen molar-refractivity contribution in [3.05, 3.63) is 254 Å². The van der Waals surface area contributed by atoms with E-state index in [2.05, 4.69) is 266 Å². The van der Waals surface area contributed by atoms with Crippen LogP contribution in [0.15, 0.2) is 243 Å². The van der Waals surface area contributed by atoms with Crippen molar-refractivity contribution in [3.8, 4) is 22.3 Å². The Bertz CT molecular complexity index is 4180. The molecule has 340 valence electrons. The third kappa shape index (κ3) is 6.98. The molecule has 2 aromatic heterocycles. The maximum atomic E-state index is 2.52. The van der Waals surface area contributed by atoms with Gasteiger partial charge < -0.3 is 9.80 Å². The van der Waals surface area contributed by atoms with Gasteiger partial charge in [0.2, 0.25) is 0 Å². The topological polar surface area (TPSA) is 6.48 Å². The Morgan fingerprint density at radius 2 is 0.639 bits per heavy atom. The largest absolute Gasteiger partial charge is 0.309 e. The molecule has 2 heterocycles. The zero-order valence-corrected chi connectivity index (χ0v) is 41.4. The van der Waals surface area contributed by atoms with E-state index < -0.39 is 0 Å². The summed E-state index contributed by atoms with van der Waals surface area (Å²) >= 11 is 3.76. The van der Waals surface area contributed by atoms with E-state index in [-0.39, 0.29) is 0 Å². The molecule has 0 aliphatic rings. The van der Waals surface area contributed by atoms with Crippen molar-refractivity contribution >= 4 is 129 Å². The van der Waals surface area contributed by atoms with Crippen LogP contribution in [-0.2, 0) is 0 Å². The molecule has 0 atom stereocenters. The number of benzene rings is 12. The van der Waals surface area contributed by atoms with Gasteiger partial charge in [0.25, 0.3) is 0 Å². The summed E-state index contributed by atoms with van der Waals surface area (Å²) in [6.45, 7) is 4.39. The molecule has 0 fully saturated rings. The molecular weight excluding hydrogens is 909 g/mol. The number of thiophene rings is 2. The van der Waals surface area contributed by atoms with Gasteiger partial charge in [0.15, 0.2) is 0 Å². The summed E-state index contributed by atoms with van der Waals surface area (Å²) in [5, 5.41) is 12.3. The second-order valence-electron chi connectivity index (χ2n) is 19.0. The van der Waals surface area contributed by atoms with Crippen LogP contribution in [0.4, 0.5) is 34.1 Å². The predicted octanol–water partition coefficient (Wildman–Crippen LogP) is 20.8.